The standard InChI is InChI=1S/C18H23ClN2O4.C17H25ClN2O3.C13H15ClN2O2.C10H17NO3.C7H8ClNO.ClH.V/c1-18(2,3)25-16(22)20-8-6-14(7-9-20)21-15-5-4-13(19)10-12(15)11-24-17(21)23;1-17(2,3)23-16(22)20-8-6-14(7-9-20)19-15-5-4-13(18)10-12(15)11-21;14-10-1-2-12-9(7-10)8-18-13(17)16(12)11-3-5-15-6-4-11;1-10(2,3)14-9(13)11-6-4-8(12)5-7-11;8-6-1-2-7(9)5(3-6)4-10;;/h4-5,10,14H,6-9,11H2,1-3H3;4-5,10,14,19,21H,6-9,11H2,1-3H3;1-2,7,11,15H,3-6,8H2;4-7H2,1-3H3;1-3,10H,4,9H2;1H;. The van der Waals surface area contributed by atoms with Crippen LogP contribution in [0.1, 0.15) is 136 Å². The number of carbonyl (C=O) groups excluding carboxylic acids is 6. The Morgan fingerprint density at radius 3 is 1.34 bits per heavy atom. The molecule has 0 aromatic heterocycles. The van der Waals surface area contributed by atoms with Gasteiger partial charge in [-0.25, -0.2) is 24.0 Å². The molecule has 0 spiro atoms. The van der Waals surface area contributed by atoms with Gasteiger partial charge in [-0.3, -0.25) is 14.6 Å². The zero-order valence-corrected chi connectivity index (χ0v) is 59.1. The van der Waals surface area contributed by atoms with Gasteiger partial charge >= 0.3 is 30.5 Å². The summed E-state index contributed by atoms with van der Waals surface area (Å²) in [6.07, 6.45) is 4.41. The summed E-state index contributed by atoms with van der Waals surface area (Å²) < 4.78 is 26.5. The molecule has 6 N–H and O–H groups in total. The number of carbonyl (C=O) groups is 6. The largest absolute Gasteiger partial charge is 0.444 e. The van der Waals surface area contributed by atoms with E-state index in [1.807, 2.05) is 98.7 Å². The Hall–Kier alpha value is -5.59. The third-order valence-electron chi connectivity index (χ3n) is 14.8. The van der Waals surface area contributed by atoms with E-state index in [0.29, 0.717) is 103 Å². The van der Waals surface area contributed by atoms with Crippen LogP contribution in [-0.2, 0) is 73.5 Å². The first kappa shape index (κ1) is 78.9. The molecule has 6 heterocycles. The molecule has 10 rings (SSSR count). The van der Waals surface area contributed by atoms with Gasteiger partial charge in [0.25, 0.3) is 0 Å². The third-order valence-corrected chi connectivity index (χ3v) is 15.8. The summed E-state index contributed by atoms with van der Waals surface area (Å²) in [5, 5.41) is 27.4. The zero-order valence-electron chi connectivity index (χ0n) is 53.9. The first-order chi connectivity index (χ1) is 42.4. The minimum Gasteiger partial charge on any atom is -0.444 e. The molecular weight excluding hydrogens is 1330 g/mol. The molecule has 4 saturated heterocycles. The second-order valence-electron chi connectivity index (χ2n) is 25.4. The Balaban J connectivity index is 0.000000251. The van der Waals surface area contributed by atoms with Crippen molar-refractivity contribution in [3.8, 4) is 0 Å². The number of nitrogen functional groups attached to an aromatic ring is 1. The molecular formula is C65H89Cl5N8O13V. The van der Waals surface area contributed by atoms with Crippen molar-refractivity contribution in [2.75, 3.05) is 73.2 Å². The van der Waals surface area contributed by atoms with Crippen molar-refractivity contribution in [2.45, 2.75) is 175 Å². The van der Waals surface area contributed by atoms with E-state index in [4.69, 9.17) is 80.9 Å². The second-order valence-corrected chi connectivity index (χ2v) is 27.2. The van der Waals surface area contributed by atoms with Gasteiger partial charge in [0, 0.05) is 143 Å². The number of Topliss-reactive ketones (excluding diaryl/α,β-unsaturated/α-hetero) is 1. The van der Waals surface area contributed by atoms with Crippen LogP contribution in [0.4, 0.5) is 46.7 Å². The van der Waals surface area contributed by atoms with Gasteiger partial charge in [0.05, 0.1) is 24.6 Å². The fourth-order valence-corrected chi connectivity index (χ4v) is 11.2. The van der Waals surface area contributed by atoms with Crippen LogP contribution in [0.5, 0.6) is 0 Å². The van der Waals surface area contributed by atoms with Crippen molar-refractivity contribution in [2.24, 2.45) is 0 Å². The molecule has 1 radical (unpaired) electrons. The first-order valence-electron chi connectivity index (χ1n) is 30.4. The molecule has 92 heavy (non-hydrogen) atoms. The molecule has 6 aliphatic heterocycles. The maximum absolute atomic E-state index is 12.3. The normalized spacial score (nSPS) is 17.0. The number of ketones is 1. The molecule has 507 valence electrons. The number of fused-ring (bicyclic) bond motifs is 2. The smallest absolute Gasteiger partial charge is 0.414 e. The molecule has 0 unspecified atom stereocenters. The number of aliphatic hydroxyl groups excluding tert-OH is 2. The topological polar surface area (TPSA) is 255 Å². The van der Waals surface area contributed by atoms with Crippen molar-refractivity contribution < 1.29 is 81.2 Å². The summed E-state index contributed by atoms with van der Waals surface area (Å²) in [6, 6.07) is 22.0. The third kappa shape index (κ3) is 25.0. The van der Waals surface area contributed by atoms with E-state index < -0.39 is 16.8 Å². The summed E-state index contributed by atoms with van der Waals surface area (Å²) in [6.45, 7) is 22.4. The average molecular weight is 1420 g/mol. The Kier molecular flexibility index (Phi) is 31.1. The van der Waals surface area contributed by atoms with Crippen LogP contribution in [0, 0.1) is 0 Å². The molecule has 5 amide bonds. The quantitative estimate of drug-likeness (QED) is 0.0888. The first-order valence-corrected chi connectivity index (χ1v) is 31.9. The number of anilines is 4. The number of amides is 5. The second kappa shape index (κ2) is 36.3. The van der Waals surface area contributed by atoms with Crippen LogP contribution in [-0.4, -0.2) is 148 Å². The number of hydrogen-bond donors (Lipinski definition) is 5. The van der Waals surface area contributed by atoms with E-state index in [1.165, 1.54) is 0 Å². The maximum atomic E-state index is 12.3. The fraction of sp³-hybridized carbons (Fsp3) is 0.538. The van der Waals surface area contributed by atoms with Crippen LogP contribution < -0.4 is 26.2 Å². The van der Waals surface area contributed by atoms with E-state index in [1.54, 1.807) is 60.9 Å². The van der Waals surface area contributed by atoms with Gasteiger partial charge < -0.3 is 65.0 Å². The molecule has 21 nitrogen and oxygen atoms in total. The van der Waals surface area contributed by atoms with Gasteiger partial charge in [0.2, 0.25) is 0 Å². The van der Waals surface area contributed by atoms with Crippen LogP contribution >= 0.6 is 58.8 Å². The number of nitrogens with two attached hydrogens (primary N) is 1. The Morgan fingerprint density at radius 1 is 0.554 bits per heavy atom. The number of hydrogen-bond acceptors (Lipinski definition) is 16. The maximum Gasteiger partial charge on any atom is 0.414 e. The summed E-state index contributed by atoms with van der Waals surface area (Å²) >= 11 is 23.6. The SMILES string of the molecule is CC(C)(C)OC(=O)N1CCC(=O)CC1.CC(C)(C)OC(=O)N1CCC(N2C(=O)OCc3cc(Cl)ccc32)CC1.CC(C)(C)OC(=O)N1CCC(Nc2ccc(Cl)cc2CO)CC1.Cl.Nc1ccc(Cl)cc1CO.O=C1OCc2cc(Cl)ccc2N1C1CCNCC1.[V]. The van der Waals surface area contributed by atoms with Crippen molar-refractivity contribution in [3.05, 3.63) is 115 Å². The average Bonchev–Trinajstić information content (AvgIpc) is 0.809. The number of nitrogens with one attached hydrogen (secondary N) is 2. The van der Waals surface area contributed by atoms with Gasteiger partial charge in [-0.2, -0.15) is 0 Å². The predicted molar refractivity (Wildman–Crippen MR) is 358 cm³/mol. The Labute approximate surface area is 578 Å². The Morgan fingerprint density at radius 2 is 0.924 bits per heavy atom. The monoisotopic (exact) mass is 1420 g/mol. The summed E-state index contributed by atoms with van der Waals surface area (Å²) in [4.78, 5) is 79.5. The predicted octanol–water partition coefficient (Wildman–Crippen LogP) is 13.8. The van der Waals surface area contributed by atoms with Gasteiger partial charge in [-0.05, 0) is 187 Å². The van der Waals surface area contributed by atoms with Crippen molar-refractivity contribution in [3.63, 3.8) is 0 Å². The van der Waals surface area contributed by atoms with Crippen molar-refractivity contribution >= 4 is 118 Å². The number of halogens is 5. The molecule has 0 bridgehead atoms. The summed E-state index contributed by atoms with van der Waals surface area (Å²) in [5.41, 5.74) is 10.7. The molecule has 0 saturated carbocycles. The zero-order chi connectivity index (χ0) is 66.1. The van der Waals surface area contributed by atoms with Crippen LogP contribution in [0.3, 0.4) is 0 Å². The van der Waals surface area contributed by atoms with E-state index in [2.05, 4.69) is 10.6 Å². The summed E-state index contributed by atoms with van der Waals surface area (Å²) in [7, 11) is 0. The van der Waals surface area contributed by atoms with Gasteiger partial charge in [0.15, 0.2) is 0 Å². The number of benzene rings is 4. The Bertz CT molecular complexity index is 3100. The minimum atomic E-state index is -0.511. The number of cyclic esters (lactones) is 2. The van der Waals surface area contributed by atoms with Gasteiger partial charge in [0.1, 0.15) is 35.8 Å². The summed E-state index contributed by atoms with van der Waals surface area (Å²) in [5.74, 6) is 0.227. The number of nitrogens with zero attached hydrogens (tertiary/aromatic N) is 5. The van der Waals surface area contributed by atoms with E-state index in [9.17, 15) is 33.9 Å². The van der Waals surface area contributed by atoms with E-state index in [-0.39, 0.29) is 105 Å². The molecule has 4 fully saturated rings. The van der Waals surface area contributed by atoms with Gasteiger partial charge in [-0.1, -0.05) is 46.4 Å². The molecule has 0 aliphatic carbocycles. The number of piperidine rings is 4. The molecule has 27 heteroatoms. The van der Waals surface area contributed by atoms with Crippen LogP contribution in [0.25, 0.3) is 0 Å². The van der Waals surface area contributed by atoms with Gasteiger partial charge in [-0.15, -0.1) is 12.4 Å². The minimum absolute atomic E-state index is 0. The molecule has 4 aromatic rings. The molecule has 6 aliphatic rings. The molecule has 4 aromatic carbocycles. The number of aliphatic hydroxyl groups is 2. The fourth-order valence-electron chi connectivity index (χ4n) is 10.4. The van der Waals surface area contributed by atoms with Crippen molar-refractivity contribution in [1.29, 1.82) is 0 Å². The van der Waals surface area contributed by atoms with Crippen molar-refractivity contribution in [1.82, 2.24) is 20.0 Å². The number of likely N-dealkylation sites (tertiary alicyclic amines) is 3. The van der Waals surface area contributed by atoms with Crippen LogP contribution in [0.15, 0.2) is 72.8 Å². The van der Waals surface area contributed by atoms with E-state index in [0.717, 1.165) is 72.5 Å². The number of rotatable bonds is 6. The van der Waals surface area contributed by atoms with E-state index >= 15 is 0 Å². The van der Waals surface area contributed by atoms with Crippen LogP contribution in [0.2, 0.25) is 20.1 Å². The number of ether oxygens (including phenoxy) is 5. The molecule has 0 atom stereocenters.